The van der Waals surface area contributed by atoms with Crippen LogP contribution in [0.5, 0.6) is 0 Å². The summed E-state index contributed by atoms with van der Waals surface area (Å²) < 4.78 is 44.8. The number of carboxylic acids is 1. The lowest BCUT2D eigenvalue weighted by molar-refractivity contribution is -0.137. The van der Waals surface area contributed by atoms with Gasteiger partial charge in [-0.2, -0.15) is 8.42 Å². The molecule has 0 aromatic rings. The van der Waals surface area contributed by atoms with E-state index in [0.717, 1.165) is 19.1 Å². The Kier molecular flexibility index (Phi) is 14.0. The van der Waals surface area contributed by atoms with Gasteiger partial charge in [0.1, 0.15) is 0 Å². The molecule has 0 aromatic carbocycles. The zero-order valence-corrected chi connectivity index (χ0v) is 33.4. The van der Waals surface area contributed by atoms with Crippen LogP contribution in [0.4, 0.5) is 0 Å². The first-order valence-electron chi connectivity index (χ1n) is 17.2. The van der Waals surface area contributed by atoms with Gasteiger partial charge in [-0.1, -0.05) is 79.2 Å². The molecular formula is C35H66O7SSi2. The summed E-state index contributed by atoms with van der Waals surface area (Å²) in [5, 5.41) is 9.12. The van der Waals surface area contributed by atoms with Crippen molar-refractivity contribution in [2.24, 2.45) is 17.3 Å². The van der Waals surface area contributed by atoms with Crippen molar-refractivity contribution in [1.29, 1.82) is 0 Å². The van der Waals surface area contributed by atoms with Crippen LogP contribution < -0.4 is 0 Å². The summed E-state index contributed by atoms with van der Waals surface area (Å²) in [6.45, 7) is 25.1. The predicted molar refractivity (Wildman–Crippen MR) is 191 cm³/mol. The molecule has 0 bridgehead atoms. The summed E-state index contributed by atoms with van der Waals surface area (Å²) in [5.74, 6) is -0.883. The van der Waals surface area contributed by atoms with Gasteiger partial charge in [0.05, 0.1) is 24.6 Å². The van der Waals surface area contributed by atoms with Gasteiger partial charge >= 0.3 is 5.97 Å². The Morgan fingerprint density at radius 2 is 1.58 bits per heavy atom. The molecule has 0 aliphatic heterocycles. The van der Waals surface area contributed by atoms with Crippen molar-refractivity contribution >= 4 is 32.7 Å². The SMILES string of the molecule is CCC1(C(CC=C[C@H]2[C@@H](CC=CCCCC(=O)O)[C@H](OS(C)(=O)=O)C[C@H]2O[Si](C)(C)C(C)(C)C)O[Si](C)(C)C(C)(C)C)CCC1. The lowest BCUT2D eigenvalue weighted by atomic mass is 9.63. The summed E-state index contributed by atoms with van der Waals surface area (Å²) in [4.78, 5) is 10.9. The number of carboxylic acid groups (broad SMARTS) is 1. The molecule has 2 aliphatic rings. The topological polar surface area (TPSA) is 99.1 Å². The van der Waals surface area contributed by atoms with Crippen LogP contribution in [-0.4, -0.2) is 60.7 Å². The van der Waals surface area contributed by atoms with E-state index in [0.29, 0.717) is 25.7 Å². The van der Waals surface area contributed by atoms with E-state index in [4.69, 9.17) is 18.1 Å². The molecule has 10 heteroatoms. The minimum Gasteiger partial charge on any atom is -0.481 e. The quantitative estimate of drug-likeness (QED) is 0.0704. The van der Waals surface area contributed by atoms with Crippen molar-refractivity contribution in [2.45, 2.75) is 167 Å². The third-order valence-corrected chi connectivity index (χ3v) is 21.0. The fourth-order valence-corrected chi connectivity index (χ4v) is 9.71. The minimum absolute atomic E-state index is 0.0103. The van der Waals surface area contributed by atoms with E-state index >= 15 is 0 Å². The van der Waals surface area contributed by atoms with Crippen LogP contribution in [0, 0.1) is 17.3 Å². The number of hydrogen-bond acceptors (Lipinski definition) is 6. The molecule has 2 aliphatic carbocycles. The molecule has 0 amide bonds. The summed E-state index contributed by atoms with van der Waals surface area (Å²) in [6.07, 6.45) is 17.5. The second-order valence-corrected chi connectivity index (χ2v) is 27.9. The van der Waals surface area contributed by atoms with Gasteiger partial charge in [-0.25, -0.2) is 0 Å². The van der Waals surface area contributed by atoms with Crippen molar-refractivity contribution in [3.8, 4) is 0 Å². The van der Waals surface area contributed by atoms with Gasteiger partial charge in [0.2, 0.25) is 0 Å². The summed E-state index contributed by atoms with van der Waals surface area (Å²) in [7, 11) is -7.83. The van der Waals surface area contributed by atoms with Crippen molar-refractivity contribution in [1.82, 2.24) is 0 Å². The van der Waals surface area contributed by atoms with E-state index in [2.05, 4.69) is 92.9 Å². The molecule has 0 heterocycles. The second kappa shape index (κ2) is 15.6. The van der Waals surface area contributed by atoms with Crippen molar-refractivity contribution < 1.29 is 31.4 Å². The monoisotopic (exact) mass is 686 g/mol. The Bertz CT molecular complexity index is 1120. The average Bonchev–Trinajstić information content (AvgIpc) is 3.12. The molecular weight excluding hydrogens is 621 g/mol. The first-order chi connectivity index (χ1) is 20.4. The number of allylic oxidation sites excluding steroid dienone is 2. The van der Waals surface area contributed by atoms with E-state index in [1.807, 2.05) is 6.08 Å². The predicted octanol–water partition coefficient (Wildman–Crippen LogP) is 9.48. The van der Waals surface area contributed by atoms with Crippen LogP contribution in [0.15, 0.2) is 24.3 Å². The molecule has 2 saturated carbocycles. The van der Waals surface area contributed by atoms with Gasteiger partial charge in [-0.3, -0.25) is 8.98 Å². The zero-order chi connectivity index (χ0) is 34.5. The number of carbonyl (C=O) groups is 1. The third-order valence-electron chi connectivity index (χ3n) is 11.4. The van der Waals surface area contributed by atoms with Crippen LogP contribution in [0.3, 0.4) is 0 Å². The lowest BCUT2D eigenvalue weighted by Gasteiger charge is -2.51. The average molecular weight is 687 g/mol. The summed E-state index contributed by atoms with van der Waals surface area (Å²) >= 11 is 0. The van der Waals surface area contributed by atoms with Crippen molar-refractivity contribution in [3.63, 3.8) is 0 Å². The molecule has 7 nitrogen and oxygen atoms in total. The first-order valence-corrected chi connectivity index (χ1v) is 24.9. The van der Waals surface area contributed by atoms with Crippen LogP contribution >= 0.6 is 0 Å². The Hall–Kier alpha value is -0.786. The van der Waals surface area contributed by atoms with Gasteiger partial charge in [0, 0.05) is 18.8 Å². The maximum absolute atomic E-state index is 12.4. The van der Waals surface area contributed by atoms with E-state index in [1.165, 1.54) is 19.3 Å². The highest BCUT2D eigenvalue weighted by Gasteiger charge is 2.50. The minimum atomic E-state index is -3.67. The highest BCUT2D eigenvalue weighted by atomic mass is 32.2. The van der Waals surface area contributed by atoms with Crippen LogP contribution in [0.1, 0.15) is 113 Å². The van der Waals surface area contributed by atoms with Gasteiger partial charge < -0.3 is 14.0 Å². The first kappa shape index (κ1) is 40.4. The van der Waals surface area contributed by atoms with Crippen LogP contribution in [0.25, 0.3) is 0 Å². The summed E-state index contributed by atoms with van der Waals surface area (Å²) in [6, 6.07) is 0. The number of aliphatic carboxylic acids is 1. The van der Waals surface area contributed by atoms with Gasteiger partial charge in [-0.15, -0.1) is 0 Å². The molecule has 0 spiro atoms. The molecule has 262 valence electrons. The maximum atomic E-state index is 12.4. The fourth-order valence-electron chi connectivity index (χ4n) is 6.27. The maximum Gasteiger partial charge on any atom is 0.303 e. The highest BCUT2D eigenvalue weighted by Crippen LogP contribution is 2.52. The lowest BCUT2D eigenvalue weighted by Crippen LogP contribution is -2.51. The van der Waals surface area contributed by atoms with Crippen molar-refractivity contribution in [3.05, 3.63) is 24.3 Å². The Labute approximate surface area is 278 Å². The molecule has 1 N–H and O–H groups in total. The highest BCUT2D eigenvalue weighted by molar-refractivity contribution is 7.86. The Balaban J connectivity index is 2.45. The molecule has 0 saturated heterocycles. The molecule has 0 aromatic heterocycles. The van der Waals surface area contributed by atoms with Gasteiger partial charge in [0.25, 0.3) is 10.1 Å². The van der Waals surface area contributed by atoms with E-state index in [-0.39, 0.29) is 46.0 Å². The molecule has 45 heavy (non-hydrogen) atoms. The smallest absolute Gasteiger partial charge is 0.303 e. The molecule has 1 unspecified atom stereocenters. The van der Waals surface area contributed by atoms with Crippen LogP contribution in [0.2, 0.25) is 36.3 Å². The largest absolute Gasteiger partial charge is 0.481 e. The van der Waals surface area contributed by atoms with Crippen molar-refractivity contribution in [2.75, 3.05) is 6.26 Å². The fraction of sp³-hybridized carbons (Fsp3) is 0.857. The summed E-state index contributed by atoms with van der Waals surface area (Å²) in [5.41, 5.74) is 0.215. The molecule has 0 radical (unpaired) electrons. The number of unbranched alkanes of at least 4 members (excludes halogenated alkanes) is 1. The zero-order valence-electron chi connectivity index (χ0n) is 30.6. The standard InChI is InChI=1S/C35H66O7SSi2/c1-13-35(24-19-25-35)31(42-45(11,12)34(5,6)7)22-18-21-28-27(20-16-14-15-17-23-32(36)37)29(40-43(8,38)39)26-30(28)41-44(9,10)33(2,3)4/h14,16,18,21,27-31H,13,15,17,19-20,22-26H2,1-12H3,(H,36,37)/t27-,28+,29-,30-,31?/m1/s1. The number of rotatable bonds is 17. The van der Waals surface area contributed by atoms with Gasteiger partial charge in [0.15, 0.2) is 16.6 Å². The molecule has 2 rings (SSSR count). The van der Waals surface area contributed by atoms with E-state index in [9.17, 15) is 13.2 Å². The second-order valence-electron chi connectivity index (χ2n) is 16.8. The molecule has 5 atom stereocenters. The molecule has 2 fully saturated rings. The third kappa shape index (κ3) is 11.4. The normalized spacial score (nSPS) is 25.6. The Morgan fingerprint density at radius 3 is 2.04 bits per heavy atom. The van der Waals surface area contributed by atoms with E-state index < -0.39 is 38.8 Å². The number of hydrogen-bond donors (Lipinski definition) is 1. The van der Waals surface area contributed by atoms with E-state index in [1.54, 1.807) is 0 Å². The van der Waals surface area contributed by atoms with Crippen LogP contribution in [-0.2, 0) is 27.9 Å². The Morgan fingerprint density at radius 1 is 0.978 bits per heavy atom. The van der Waals surface area contributed by atoms with Gasteiger partial charge in [-0.05, 0) is 92.5 Å².